The molecular formula is C12H13NO2. The molecule has 0 saturated heterocycles. The Labute approximate surface area is 89.4 Å². The number of carbonyl (C=O) groups excluding carboxylic acids is 1. The normalized spacial score (nSPS) is 8.67. The Morgan fingerprint density at radius 2 is 2.20 bits per heavy atom. The van der Waals surface area contributed by atoms with Crippen molar-refractivity contribution in [3.05, 3.63) is 29.8 Å². The number of methoxy groups -OCH3 is 1. The van der Waals surface area contributed by atoms with Crippen molar-refractivity contribution in [2.75, 3.05) is 13.7 Å². The quantitative estimate of drug-likeness (QED) is 0.733. The molecule has 0 heterocycles. The van der Waals surface area contributed by atoms with Crippen LogP contribution in [0.15, 0.2) is 24.3 Å². The molecule has 3 nitrogen and oxygen atoms in total. The van der Waals surface area contributed by atoms with Gasteiger partial charge in [0.2, 0.25) is 0 Å². The Kier molecular flexibility index (Phi) is 4.24. The Bertz CT molecular complexity index is 402. The van der Waals surface area contributed by atoms with E-state index in [1.165, 1.54) is 0 Å². The van der Waals surface area contributed by atoms with E-state index in [1.54, 1.807) is 7.11 Å². The van der Waals surface area contributed by atoms with Crippen LogP contribution in [0.4, 0.5) is 0 Å². The Morgan fingerprint density at radius 3 is 2.87 bits per heavy atom. The van der Waals surface area contributed by atoms with E-state index in [9.17, 15) is 4.79 Å². The van der Waals surface area contributed by atoms with E-state index in [1.807, 2.05) is 31.2 Å². The molecule has 1 aromatic carbocycles. The summed E-state index contributed by atoms with van der Waals surface area (Å²) in [6.07, 6.45) is 0. The van der Waals surface area contributed by atoms with Gasteiger partial charge in [-0.15, -0.1) is 0 Å². The second-order valence-corrected chi connectivity index (χ2v) is 2.81. The first kappa shape index (κ1) is 11.1. The van der Waals surface area contributed by atoms with Crippen LogP contribution in [0, 0.1) is 11.8 Å². The first-order valence-corrected chi connectivity index (χ1v) is 4.70. The Morgan fingerprint density at radius 1 is 1.47 bits per heavy atom. The van der Waals surface area contributed by atoms with Crippen LogP contribution in [0.3, 0.4) is 0 Å². The maximum Gasteiger partial charge on any atom is 0.296 e. The van der Waals surface area contributed by atoms with Crippen molar-refractivity contribution in [2.45, 2.75) is 6.92 Å². The third kappa shape index (κ3) is 3.35. The molecule has 0 fully saturated rings. The SMILES string of the molecule is CCNC(=O)C#Cc1ccccc1OC. The van der Waals surface area contributed by atoms with E-state index in [-0.39, 0.29) is 5.91 Å². The lowest BCUT2D eigenvalue weighted by molar-refractivity contribution is -0.115. The molecule has 1 aromatic rings. The zero-order valence-corrected chi connectivity index (χ0v) is 8.83. The molecule has 0 saturated carbocycles. The minimum Gasteiger partial charge on any atom is -0.495 e. The molecule has 1 rings (SSSR count). The van der Waals surface area contributed by atoms with Crippen molar-refractivity contribution < 1.29 is 9.53 Å². The summed E-state index contributed by atoms with van der Waals surface area (Å²) in [7, 11) is 1.58. The van der Waals surface area contributed by atoms with Crippen molar-refractivity contribution in [1.29, 1.82) is 0 Å². The third-order valence-electron chi connectivity index (χ3n) is 1.76. The predicted molar refractivity (Wildman–Crippen MR) is 58.6 cm³/mol. The van der Waals surface area contributed by atoms with Gasteiger partial charge in [0.25, 0.3) is 5.91 Å². The van der Waals surface area contributed by atoms with Crippen LogP contribution in [-0.2, 0) is 4.79 Å². The molecule has 0 aromatic heterocycles. The lowest BCUT2D eigenvalue weighted by Gasteiger charge is -2.00. The average molecular weight is 203 g/mol. The summed E-state index contributed by atoms with van der Waals surface area (Å²) in [5, 5.41) is 2.60. The van der Waals surface area contributed by atoms with Gasteiger partial charge in [-0.25, -0.2) is 0 Å². The first-order chi connectivity index (χ1) is 7.27. The number of nitrogens with one attached hydrogen (secondary N) is 1. The maximum absolute atomic E-state index is 11.1. The van der Waals surface area contributed by atoms with Crippen LogP contribution in [0.2, 0.25) is 0 Å². The largest absolute Gasteiger partial charge is 0.495 e. The van der Waals surface area contributed by atoms with Crippen molar-refractivity contribution in [2.24, 2.45) is 0 Å². The molecule has 0 atom stereocenters. The highest BCUT2D eigenvalue weighted by molar-refractivity contribution is 5.94. The monoisotopic (exact) mass is 203 g/mol. The number of rotatable bonds is 2. The molecule has 0 aliphatic rings. The minimum atomic E-state index is -0.275. The van der Waals surface area contributed by atoms with Gasteiger partial charge in [-0.05, 0) is 19.1 Å². The molecule has 3 heteroatoms. The summed E-state index contributed by atoms with van der Waals surface area (Å²) in [6.45, 7) is 2.43. The zero-order chi connectivity index (χ0) is 11.1. The lowest BCUT2D eigenvalue weighted by Crippen LogP contribution is -2.20. The molecular weight excluding hydrogens is 190 g/mol. The molecule has 78 valence electrons. The summed E-state index contributed by atoms with van der Waals surface area (Å²) >= 11 is 0. The highest BCUT2D eigenvalue weighted by Gasteiger charge is 1.97. The molecule has 15 heavy (non-hydrogen) atoms. The molecule has 1 amide bonds. The standard InChI is InChI=1S/C12H13NO2/c1-3-13-12(14)9-8-10-6-4-5-7-11(10)15-2/h4-7H,3H2,1-2H3,(H,13,14). The number of hydrogen-bond donors (Lipinski definition) is 1. The number of benzene rings is 1. The van der Waals surface area contributed by atoms with Crippen LogP contribution < -0.4 is 10.1 Å². The second-order valence-electron chi connectivity index (χ2n) is 2.81. The zero-order valence-electron chi connectivity index (χ0n) is 8.83. The van der Waals surface area contributed by atoms with Gasteiger partial charge >= 0.3 is 0 Å². The van der Waals surface area contributed by atoms with E-state index >= 15 is 0 Å². The van der Waals surface area contributed by atoms with Gasteiger partial charge in [0.15, 0.2) is 0 Å². The summed E-state index contributed by atoms with van der Waals surface area (Å²) in [6, 6.07) is 7.33. The van der Waals surface area contributed by atoms with Gasteiger partial charge in [0, 0.05) is 12.5 Å². The van der Waals surface area contributed by atoms with Gasteiger partial charge in [0.05, 0.1) is 12.7 Å². The number of amides is 1. The first-order valence-electron chi connectivity index (χ1n) is 4.70. The number of carbonyl (C=O) groups is 1. The van der Waals surface area contributed by atoms with Crippen molar-refractivity contribution >= 4 is 5.91 Å². The fourth-order valence-corrected chi connectivity index (χ4v) is 1.08. The maximum atomic E-state index is 11.1. The summed E-state index contributed by atoms with van der Waals surface area (Å²) in [4.78, 5) is 11.1. The van der Waals surface area contributed by atoms with Gasteiger partial charge in [-0.2, -0.15) is 0 Å². The molecule has 0 spiro atoms. The smallest absolute Gasteiger partial charge is 0.296 e. The Hall–Kier alpha value is -1.95. The molecule has 0 bridgehead atoms. The average Bonchev–Trinajstić information content (AvgIpc) is 2.27. The fraction of sp³-hybridized carbons (Fsp3) is 0.250. The van der Waals surface area contributed by atoms with Crippen LogP contribution in [0.1, 0.15) is 12.5 Å². The fourth-order valence-electron chi connectivity index (χ4n) is 1.08. The van der Waals surface area contributed by atoms with Gasteiger partial charge in [-0.1, -0.05) is 18.1 Å². The Balaban J connectivity index is 2.83. The van der Waals surface area contributed by atoms with E-state index in [0.29, 0.717) is 17.9 Å². The molecule has 0 aliphatic carbocycles. The van der Waals surface area contributed by atoms with Gasteiger partial charge in [0.1, 0.15) is 5.75 Å². The van der Waals surface area contributed by atoms with E-state index in [0.717, 1.165) is 0 Å². The van der Waals surface area contributed by atoms with Crippen LogP contribution in [0.25, 0.3) is 0 Å². The van der Waals surface area contributed by atoms with Gasteiger partial charge in [-0.3, -0.25) is 4.79 Å². The minimum absolute atomic E-state index is 0.275. The van der Waals surface area contributed by atoms with Crippen LogP contribution in [0.5, 0.6) is 5.75 Å². The summed E-state index contributed by atoms with van der Waals surface area (Å²) in [5.74, 6) is 5.66. The number of hydrogen-bond acceptors (Lipinski definition) is 2. The predicted octanol–water partition coefficient (Wildman–Crippen LogP) is 1.18. The lowest BCUT2D eigenvalue weighted by atomic mass is 10.2. The van der Waals surface area contributed by atoms with Crippen molar-refractivity contribution in [3.63, 3.8) is 0 Å². The van der Waals surface area contributed by atoms with E-state index in [2.05, 4.69) is 17.2 Å². The number of ether oxygens (including phenoxy) is 1. The highest BCUT2D eigenvalue weighted by atomic mass is 16.5. The van der Waals surface area contributed by atoms with E-state index < -0.39 is 0 Å². The molecule has 0 radical (unpaired) electrons. The topological polar surface area (TPSA) is 38.3 Å². The summed E-state index contributed by atoms with van der Waals surface area (Å²) in [5.41, 5.74) is 0.714. The van der Waals surface area contributed by atoms with Crippen LogP contribution in [-0.4, -0.2) is 19.6 Å². The number of para-hydroxylation sites is 1. The van der Waals surface area contributed by atoms with Crippen molar-refractivity contribution in [3.8, 4) is 17.6 Å². The van der Waals surface area contributed by atoms with Crippen molar-refractivity contribution in [1.82, 2.24) is 5.32 Å². The third-order valence-corrected chi connectivity index (χ3v) is 1.76. The molecule has 1 N–H and O–H groups in total. The molecule has 0 aliphatic heterocycles. The van der Waals surface area contributed by atoms with Gasteiger partial charge < -0.3 is 10.1 Å². The highest BCUT2D eigenvalue weighted by Crippen LogP contribution is 2.15. The second kappa shape index (κ2) is 5.71. The van der Waals surface area contributed by atoms with Crippen LogP contribution >= 0.6 is 0 Å². The van der Waals surface area contributed by atoms with E-state index in [4.69, 9.17) is 4.74 Å². The summed E-state index contributed by atoms with van der Waals surface area (Å²) < 4.78 is 5.10. The molecule has 0 unspecified atom stereocenters.